The molecule has 5 nitrogen and oxygen atoms in total. The summed E-state index contributed by atoms with van der Waals surface area (Å²) >= 11 is 3.92. The van der Waals surface area contributed by atoms with E-state index >= 15 is 0 Å². The molecule has 0 amide bonds. The number of carboxylic acids is 1. The van der Waals surface area contributed by atoms with Gasteiger partial charge >= 0.3 is 5.97 Å². The second kappa shape index (κ2) is 9.35. The monoisotopic (exact) mass is 271 g/mol. The van der Waals surface area contributed by atoms with Crippen molar-refractivity contribution in [2.75, 3.05) is 12.4 Å². The van der Waals surface area contributed by atoms with Gasteiger partial charge in [-0.3, -0.25) is 0 Å². The average molecular weight is 271 g/mol. The minimum absolute atomic E-state index is 0.168. The third kappa shape index (κ3) is 5.09. The first kappa shape index (κ1) is 16.3. The van der Waals surface area contributed by atoms with Crippen LogP contribution in [-0.2, 0) is 4.84 Å². The van der Waals surface area contributed by atoms with E-state index in [1.54, 1.807) is 0 Å². The molecule has 0 heterocycles. The van der Waals surface area contributed by atoms with Gasteiger partial charge < -0.3 is 15.1 Å². The van der Waals surface area contributed by atoms with Gasteiger partial charge in [0.25, 0.3) is 0 Å². The number of carbonyl (C=O) groups is 1. The molecule has 6 heteroatoms. The molecule has 100 valence electrons. The SMILES string of the molecule is CC.O=C(O)c1cccc(/C=N/OCCS)c1O. The van der Waals surface area contributed by atoms with Crippen molar-refractivity contribution < 1.29 is 19.8 Å². The molecule has 0 spiro atoms. The van der Waals surface area contributed by atoms with Crippen LogP contribution in [0.2, 0.25) is 0 Å². The summed E-state index contributed by atoms with van der Waals surface area (Å²) < 4.78 is 0. The van der Waals surface area contributed by atoms with E-state index in [2.05, 4.69) is 17.8 Å². The van der Waals surface area contributed by atoms with Crippen LogP contribution in [-0.4, -0.2) is 34.8 Å². The molecular weight excluding hydrogens is 254 g/mol. The Hall–Kier alpha value is -1.69. The van der Waals surface area contributed by atoms with Crippen molar-refractivity contribution in [1.29, 1.82) is 0 Å². The lowest BCUT2D eigenvalue weighted by molar-refractivity contribution is 0.0693. The van der Waals surface area contributed by atoms with Crippen LogP contribution in [0, 0.1) is 0 Å². The number of hydrogen-bond acceptors (Lipinski definition) is 5. The van der Waals surface area contributed by atoms with Gasteiger partial charge in [-0.05, 0) is 12.1 Å². The molecule has 2 N–H and O–H groups in total. The van der Waals surface area contributed by atoms with Crippen molar-refractivity contribution in [3.8, 4) is 5.75 Å². The van der Waals surface area contributed by atoms with E-state index in [-0.39, 0.29) is 11.3 Å². The highest BCUT2D eigenvalue weighted by atomic mass is 32.1. The summed E-state index contributed by atoms with van der Waals surface area (Å²) in [6, 6.07) is 4.36. The number of oxime groups is 1. The van der Waals surface area contributed by atoms with E-state index in [0.29, 0.717) is 17.9 Å². The molecule has 0 saturated carbocycles. The molecule has 1 rings (SSSR count). The molecule has 0 fully saturated rings. The van der Waals surface area contributed by atoms with Crippen molar-refractivity contribution in [2.45, 2.75) is 13.8 Å². The Kier molecular flexibility index (Phi) is 8.47. The van der Waals surface area contributed by atoms with Crippen molar-refractivity contribution >= 4 is 24.8 Å². The second-order valence-corrected chi connectivity index (χ2v) is 3.29. The van der Waals surface area contributed by atoms with Crippen molar-refractivity contribution in [1.82, 2.24) is 0 Å². The number of rotatable bonds is 5. The lowest BCUT2D eigenvalue weighted by atomic mass is 10.1. The molecule has 0 atom stereocenters. The number of phenols is 1. The Morgan fingerprint density at radius 3 is 2.72 bits per heavy atom. The fourth-order valence-electron chi connectivity index (χ4n) is 1.03. The van der Waals surface area contributed by atoms with Crippen LogP contribution in [0.5, 0.6) is 5.75 Å². The van der Waals surface area contributed by atoms with Crippen LogP contribution < -0.4 is 0 Å². The topological polar surface area (TPSA) is 79.1 Å². The zero-order valence-electron chi connectivity index (χ0n) is 10.3. The normalized spacial score (nSPS) is 9.72. The summed E-state index contributed by atoms with van der Waals surface area (Å²) in [7, 11) is 0. The van der Waals surface area contributed by atoms with Crippen LogP contribution in [0.15, 0.2) is 23.4 Å². The molecule has 0 aliphatic carbocycles. The van der Waals surface area contributed by atoms with Gasteiger partial charge in [0.15, 0.2) is 0 Å². The molecule has 0 aliphatic rings. The Morgan fingerprint density at radius 2 is 2.17 bits per heavy atom. The lowest BCUT2D eigenvalue weighted by Gasteiger charge is -2.02. The van der Waals surface area contributed by atoms with Crippen LogP contribution in [0.25, 0.3) is 0 Å². The molecular formula is C12H17NO4S. The minimum atomic E-state index is -1.19. The number of benzene rings is 1. The van der Waals surface area contributed by atoms with Gasteiger partial charge in [-0.1, -0.05) is 25.1 Å². The van der Waals surface area contributed by atoms with Crippen LogP contribution in [0.3, 0.4) is 0 Å². The summed E-state index contributed by atoms with van der Waals surface area (Å²) in [6.07, 6.45) is 1.26. The van der Waals surface area contributed by atoms with E-state index in [1.807, 2.05) is 13.8 Å². The van der Waals surface area contributed by atoms with Gasteiger partial charge in [0.2, 0.25) is 0 Å². The Morgan fingerprint density at radius 1 is 1.50 bits per heavy atom. The molecule has 0 radical (unpaired) electrons. The van der Waals surface area contributed by atoms with E-state index in [9.17, 15) is 9.90 Å². The summed E-state index contributed by atoms with van der Waals surface area (Å²) in [5.74, 6) is -0.990. The summed E-state index contributed by atoms with van der Waals surface area (Å²) in [4.78, 5) is 15.5. The molecule has 1 aromatic rings. The van der Waals surface area contributed by atoms with E-state index in [0.717, 1.165) is 0 Å². The van der Waals surface area contributed by atoms with Gasteiger partial charge in [0.1, 0.15) is 17.9 Å². The second-order valence-electron chi connectivity index (χ2n) is 2.84. The number of aromatic hydroxyl groups is 1. The molecule has 0 aliphatic heterocycles. The van der Waals surface area contributed by atoms with Crippen LogP contribution >= 0.6 is 12.6 Å². The van der Waals surface area contributed by atoms with Crippen molar-refractivity contribution in [3.63, 3.8) is 0 Å². The zero-order chi connectivity index (χ0) is 14.0. The lowest BCUT2D eigenvalue weighted by Crippen LogP contribution is -1.98. The smallest absolute Gasteiger partial charge is 0.339 e. The molecule has 0 unspecified atom stereocenters. The maximum absolute atomic E-state index is 10.7. The van der Waals surface area contributed by atoms with Gasteiger partial charge in [-0.15, -0.1) is 0 Å². The third-order valence-electron chi connectivity index (χ3n) is 1.75. The van der Waals surface area contributed by atoms with Crippen LogP contribution in [0.4, 0.5) is 0 Å². The Balaban J connectivity index is 0.00000137. The highest BCUT2D eigenvalue weighted by molar-refractivity contribution is 7.80. The van der Waals surface area contributed by atoms with E-state index in [1.165, 1.54) is 24.4 Å². The largest absolute Gasteiger partial charge is 0.506 e. The van der Waals surface area contributed by atoms with Gasteiger partial charge in [-0.25, -0.2) is 4.79 Å². The highest BCUT2D eigenvalue weighted by Gasteiger charge is 2.11. The van der Waals surface area contributed by atoms with Gasteiger partial charge in [0, 0.05) is 11.3 Å². The van der Waals surface area contributed by atoms with Crippen molar-refractivity contribution in [2.24, 2.45) is 5.16 Å². The Labute approximate surface area is 111 Å². The first-order valence-corrected chi connectivity index (χ1v) is 6.11. The molecule has 18 heavy (non-hydrogen) atoms. The number of aromatic carboxylic acids is 1. The number of thiol groups is 1. The van der Waals surface area contributed by atoms with E-state index < -0.39 is 5.97 Å². The van der Waals surface area contributed by atoms with Crippen molar-refractivity contribution in [3.05, 3.63) is 29.3 Å². The number of carboxylic acid groups (broad SMARTS) is 1. The quantitative estimate of drug-likeness (QED) is 0.332. The fourth-order valence-corrected chi connectivity index (χ4v) is 1.11. The summed E-state index contributed by atoms with van der Waals surface area (Å²) in [5.41, 5.74) is 0.122. The molecule has 1 aromatic carbocycles. The Bertz CT molecular complexity index is 407. The summed E-state index contributed by atoms with van der Waals surface area (Å²) in [6.45, 7) is 4.35. The van der Waals surface area contributed by atoms with Gasteiger partial charge in [0.05, 0.1) is 6.21 Å². The zero-order valence-corrected chi connectivity index (χ0v) is 11.2. The van der Waals surface area contributed by atoms with Crippen LogP contribution in [0.1, 0.15) is 29.8 Å². The number of para-hydroxylation sites is 1. The van der Waals surface area contributed by atoms with Gasteiger partial charge in [-0.2, -0.15) is 12.6 Å². The predicted octanol–water partition coefficient (Wildman–Crippen LogP) is 2.40. The molecule has 0 aromatic heterocycles. The van der Waals surface area contributed by atoms with E-state index in [4.69, 9.17) is 9.94 Å². The molecule has 0 bridgehead atoms. The standard InChI is InChI=1S/C10H11NO4S.C2H6/c12-9-7(6-11-15-4-5-16)2-1-3-8(9)10(13)14;1-2/h1-3,6,12,16H,4-5H2,(H,13,14);1-2H3/b11-6+;. The number of nitrogens with zero attached hydrogens (tertiary/aromatic N) is 1. The predicted molar refractivity (Wildman–Crippen MR) is 73.8 cm³/mol. The maximum Gasteiger partial charge on any atom is 0.339 e. The maximum atomic E-state index is 10.7. The number of hydrogen-bond donors (Lipinski definition) is 3. The summed E-state index contributed by atoms with van der Waals surface area (Å²) in [5, 5.41) is 21.9. The minimum Gasteiger partial charge on any atom is -0.506 e. The fraction of sp³-hybridized carbons (Fsp3) is 0.333. The third-order valence-corrected chi connectivity index (χ3v) is 1.93. The molecule has 0 saturated heterocycles. The average Bonchev–Trinajstić information content (AvgIpc) is 2.38. The highest BCUT2D eigenvalue weighted by Crippen LogP contribution is 2.20. The first-order valence-electron chi connectivity index (χ1n) is 5.48. The first-order chi connectivity index (χ1) is 8.66.